The molecule has 3 aromatic heterocycles. The molecule has 1 saturated heterocycles. The molecule has 0 unspecified atom stereocenters. The third-order valence-electron chi connectivity index (χ3n) is 4.92. The van der Waals surface area contributed by atoms with Gasteiger partial charge in [-0.1, -0.05) is 0 Å². The maximum absolute atomic E-state index is 12.7. The molecule has 1 aromatic carbocycles. The van der Waals surface area contributed by atoms with E-state index in [2.05, 4.69) is 35.7 Å². The molecule has 9 nitrogen and oxygen atoms in total. The summed E-state index contributed by atoms with van der Waals surface area (Å²) in [4.78, 5) is 22.2. The molecule has 0 atom stereocenters. The number of hydrogen-bond donors (Lipinski definition) is 3. The smallest absolute Gasteiger partial charge is 0.313 e. The van der Waals surface area contributed by atoms with E-state index in [1.807, 2.05) is 36.5 Å². The number of H-pyrrole nitrogens is 1. The topological polar surface area (TPSA) is 112 Å². The van der Waals surface area contributed by atoms with Gasteiger partial charge in [0.05, 0.1) is 17.6 Å². The molecule has 0 aliphatic carbocycles. The summed E-state index contributed by atoms with van der Waals surface area (Å²) >= 11 is 0. The molecule has 1 amide bonds. The highest BCUT2D eigenvalue weighted by molar-refractivity contribution is 6.03. The average molecular weight is 389 g/mol. The first-order valence-electron chi connectivity index (χ1n) is 9.40. The fourth-order valence-electron chi connectivity index (χ4n) is 3.46. The largest absolute Gasteiger partial charge is 0.412 e. The quantitative estimate of drug-likeness (QED) is 0.491. The number of carbonyl (C=O) groups is 1. The SMILES string of the molecule is O=C(Nc1cnccc1N1CCNCC1)c1nnc(-c2ccc3[nH]ccc3c2)o1. The normalized spacial score (nSPS) is 14.3. The average Bonchev–Trinajstić information content (AvgIpc) is 3.44. The van der Waals surface area contributed by atoms with Gasteiger partial charge in [0.1, 0.15) is 0 Å². The molecule has 0 radical (unpaired) electrons. The molecular weight excluding hydrogens is 370 g/mol. The lowest BCUT2D eigenvalue weighted by Crippen LogP contribution is -2.43. The molecular formula is C20H19N7O2. The molecule has 0 spiro atoms. The number of piperazine rings is 1. The molecule has 146 valence electrons. The molecule has 29 heavy (non-hydrogen) atoms. The lowest BCUT2D eigenvalue weighted by molar-refractivity contribution is 0.0991. The highest BCUT2D eigenvalue weighted by Gasteiger charge is 2.20. The number of aromatic nitrogens is 4. The minimum Gasteiger partial charge on any atom is -0.412 e. The third-order valence-corrected chi connectivity index (χ3v) is 4.92. The number of anilines is 2. The Hall–Kier alpha value is -3.72. The number of hydrogen-bond acceptors (Lipinski definition) is 7. The predicted molar refractivity (Wildman–Crippen MR) is 109 cm³/mol. The fraction of sp³-hybridized carbons (Fsp3) is 0.200. The second-order valence-corrected chi connectivity index (χ2v) is 6.78. The summed E-state index contributed by atoms with van der Waals surface area (Å²) in [6.45, 7) is 3.51. The molecule has 1 fully saturated rings. The van der Waals surface area contributed by atoms with Crippen molar-refractivity contribution in [2.75, 3.05) is 36.4 Å². The van der Waals surface area contributed by atoms with E-state index in [9.17, 15) is 4.79 Å². The standard InChI is InChI=1S/C20H19N7O2/c28-18(24-16-12-22-5-4-17(16)27-9-7-21-8-10-27)20-26-25-19(29-20)14-1-2-15-13(11-14)3-6-23-15/h1-6,11-12,21,23H,7-10H2,(H,24,28). The van der Waals surface area contributed by atoms with Crippen LogP contribution in [0.4, 0.5) is 11.4 Å². The summed E-state index contributed by atoms with van der Waals surface area (Å²) in [6, 6.07) is 9.60. The molecule has 5 rings (SSSR count). The molecule has 0 bridgehead atoms. The Labute approximate surface area is 166 Å². The van der Waals surface area contributed by atoms with Crippen LogP contribution >= 0.6 is 0 Å². The summed E-state index contributed by atoms with van der Waals surface area (Å²) in [5, 5.41) is 15.1. The monoisotopic (exact) mass is 389 g/mol. The van der Waals surface area contributed by atoms with Crippen LogP contribution in [0.2, 0.25) is 0 Å². The van der Waals surface area contributed by atoms with Gasteiger partial charge in [0.2, 0.25) is 5.89 Å². The number of carbonyl (C=O) groups excluding carboxylic acids is 1. The van der Waals surface area contributed by atoms with Crippen molar-refractivity contribution in [1.82, 2.24) is 25.5 Å². The summed E-state index contributed by atoms with van der Waals surface area (Å²) in [7, 11) is 0. The molecule has 0 saturated carbocycles. The first kappa shape index (κ1) is 17.4. The first-order chi connectivity index (χ1) is 14.3. The van der Waals surface area contributed by atoms with Crippen molar-refractivity contribution in [2.24, 2.45) is 0 Å². The number of nitrogens with zero attached hydrogens (tertiary/aromatic N) is 4. The predicted octanol–water partition coefficient (Wildman–Crippen LogP) is 2.27. The molecule has 1 aliphatic heterocycles. The Morgan fingerprint density at radius 1 is 1.14 bits per heavy atom. The van der Waals surface area contributed by atoms with E-state index in [4.69, 9.17) is 4.42 Å². The van der Waals surface area contributed by atoms with E-state index in [0.717, 1.165) is 48.3 Å². The van der Waals surface area contributed by atoms with Crippen LogP contribution in [0.5, 0.6) is 0 Å². The zero-order valence-electron chi connectivity index (χ0n) is 15.6. The lowest BCUT2D eigenvalue weighted by atomic mass is 10.1. The van der Waals surface area contributed by atoms with Gasteiger partial charge in [-0.25, -0.2) is 0 Å². The lowest BCUT2D eigenvalue weighted by Gasteiger charge is -2.30. The van der Waals surface area contributed by atoms with Gasteiger partial charge in [0.15, 0.2) is 0 Å². The van der Waals surface area contributed by atoms with Crippen molar-refractivity contribution >= 4 is 28.2 Å². The molecule has 4 heterocycles. The van der Waals surface area contributed by atoms with Gasteiger partial charge in [0.25, 0.3) is 0 Å². The van der Waals surface area contributed by atoms with Crippen molar-refractivity contribution < 1.29 is 9.21 Å². The van der Waals surface area contributed by atoms with Crippen LogP contribution in [0.1, 0.15) is 10.7 Å². The molecule has 1 aliphatic rings. The van der Waals surface area contributed by atoms with Crippen LogP contribution < -0.4 is 15.5 Å². The van der Waals surface area contributed by atoms with E-state index < -0.39 is 5.91 Å². The number of nitrogens with one attached hydrogen (secondary N) is 3. The van der Waals surface area contributed by atoms with Gasteiger partial charge in [-0.2, -0.15) is 0 Å². The summed E-state index contributed by atoms with van der Waals surface area (Å²) < 4.78 is 5.63. The number of aromatic amines is 1. The van der Waals surface area contributed by atoms with Crippen LogP contribution in [-0.2, 0) is 0 Å². The van der Waals surface area contributed by atoms with Gasteiger partial charge in [-0.15, -0.1) is 10.2 Å². The van der Waals surface area contributed by atoms with Crippen molar-refractivity contribution in [3.63, 3.8) is 0 Å². The molecule has 9 heteroatoms. The van der Waals surface area contributed by atoms with Gasteiger partial charge in [0, 0.05) is 55.0 Å². The maximum atomic E-state index is 12.7. The zero-order valence-corrected chi connectivity index (χ0v) is 15.6. The fourth-order valence-corrected chi connectivity index (χ4v) is 3.46. The Balaban J connectivity index is 1.37. The van der Waals surface area contributed by atoms with Crippen LogP contribution in [0.25, 0.3) is 22.4 Å². The van der Waals surface area contributed by atoms with E-state index in [1.165, 1.54) is 0 Å². The van der Waals surface area contributed by atoms with Crippen LogP contribution in [0.3, 0.4) is 0 Å². The molecule has 3 N–H and O–H groups in total. The highest BCUT2D eigenvalue weighted by Crippen LogP contribution is 2.26. The first-order valence-corrected chi connectivity index (χ1v) is 9.40. The number of amides is 1. The summed E-state index contributed by atoms with van der Waals surface area (Å²) in [5.74, 6) is -0.257. The minimum absolute atomic E-state index is 0.0933. The second-order valence-electron chi connectivity index (χ2n) is 6.78. The third kappa shape index (κ3) is 3.43. The van der Waals surface area contributed by atoms with E-state index >= 15 is 0 Å². The highest BCUT2D eigenvalue weighted by atomic mass is 16.4. The van der Waals surface area contributed by atoms with Crippen LogP contribution in [-0.4, -0.2) is 52.3 Å². The van der Waals surface area contributed by atoms with Crippen molar-refractivity contribution in [3.05, 3.63) is 54.8 Å². The van der Waals surface area contributed by atoms with Gasteiger partial charge >= 0.3 is 11.8 Å². The van der Waals surface area contributed by atoms with E-state index in [0.29, 0.717) is 11.6 Å². The van der Waals surface area contributed by atoms with Crippen LogP contribution in [0, 0.1) is 0 Å². The number of fused-ring (bicyclic) bond motifs is 1. The van der Waals surface area contributed by atoms with Gasteiger partial charge in [-0.3, -0.25) is 9.78 Å². The second kappa shape index (κ2) is 7.36. The van der Waals surface area contributed by atoms with Crippen molar-refractivity contribution in [2.45, 2.75) is 0 Å². The van der Waals surface area contributed by atoms with Gasteiger partial charge in [-0.05, 0) is 30.3 Å². The number of benzene rings is 1. The van der Waals surface area contributed by atoms with Crippen molar-refractivity contribution in [1.29, 1.82) is 0 Å². The number of rotatable bonds is 4. The zero-order chi connectivity index (χ0) is 19.6. The summed E-state index contributed by atoms with van der Waals surface area (Å²) in [5.41, 5.74) is 3.31. The Morgan fingerprint density at radius 2 is 2.03 bits per heavy atom. The van der Waals surface area contributed by atoms with E-state index in [1.54, 1.807) is 12.4 Å². The minimum atomic E-state index is -0.462. The van der Waals surface area contributed by atoms with E-state index in [-0.39, 0.29) is 5.89 Å². The number of pyridine rings is 1. The maximum Gasteiger partial charge on any atom is 0.313 e. The Kier molecular flexibility index (Phi) is 4.41. The Bertz CT molecular complexity index is 1160. The summed E-state index contributed by atoms with van der Waals surface area (Å²) in [6.07, 6.45) is 5.21. The van der Waals surface area contributed by atoms with Crippen molar-refractivity contribution in [3.8, 4) is 11.5 Å². The Morgan fingerprint density at radius 3 is 2.93 bits per heavy atom. The van der Waals surface area contributed by atoms with Crippen LogP contribution in [0.15, 0.2) is 53.3 Å². The molecule has 4 aromatic rings. The van der Waals surface area contributed by atoms with Gasteiger partial charge < -0.3 is 24.9 Å².